The van der Waals surface area contributed by atoms with Gasteiger partial charge in [-0.2, -0.15) is 0 Å². The molecule has 0 amide bonds. The molecule has 10 aromatic heterocycles. The first-order valence-electron chi connectivity index (χ1n) is 41.1. The predicted octanol–water partition coefficient (Wildman–Crippen LogP) is 26.4. The molecule has 0 aliphatic heterocycles. The number of fused-ring (bicyclic) bond motifs is 12. The maximum Gasteiger partial charge on any atom is 0.182 e. The van der Waals surface area contributed by atoms with Crippen LogP contribution in [-0.2, 0) is 0 Å². The molecule has 0 aliphatic rings. The van der Waals surface area contributed by atoms with Crippen molar-refractivity contribution in [2.75, 3.05) is 0 Å². The maximum absolute atomic E-state index is 5.28. The third kappa shape index (κ3) is 13.8. The summed E-state index contributed by atoms with van der Waals surface area (Å²) in [7, 11) is 0. The van der Waals surface area contributed by atoms with E-state index in [1.807, 2.05) is 158 Å². The van der Waals surface area contributed by atoms with Gasteiger partial charge in [-0.25, -0.2) is 59.8 Å². The van der Waals surface area contributed by atoms with Crippen LogP contribution in [0.1, 0.15) is 0 Å². The van der Waals surface area contributed by atoms with Crippen LogP contribution in [0.25, 0.3) is 245 Å². The van der Waals surface area contributed by atoms with E-state index in [-0.39, 0.29) is 0 Å². The molecule has 14 heteroatoms. The molecule has 0 saturated heterocycles. The van der Waals surface area contributed by atoms with E-state index in [0.29, 0.717) is 46.3 Å². The molecule has 124 heavy (non-hydrogen) atoms. The lowest BCUT2D eigenvalue weighted by molar-refractivity contribution is 1.06. The highest BCUT2D eigenvalue weighted by Gasteiger charge is 2.20. The van der Waals surface area contributed by atoms with E-state index >= 15 is 0 Å². The number of benzene rings is 14. The van der Waals surface area contributed by atoms with Crippen LogP contribution < -0.4 is 0 Å². The normalized spacial score (nSPS) is 11.5. The SMILES string of the molecule is c1ccc(-c2nc(-c3ccccc3)nc(-c3ccc4ccc(-c5ccc6ccc(-c7ccc(-c8ccc9ccc%10cccnc%10c9n8)c8ccccc78)nc6c5)cc4n3)n2)cc1.c1ccc(-c2nc(-c3ccccc3)nc(-c3ccc4ccc(-c5ccc6ccc(-c7ccc8cc(-c9ccc%10ccc%11cccnc%11c%10n9)ccc8c7)nc6c5)cc4n3)n2)cc1. The second-order valence-corrected chi connectivity index (χ2v) is 30.8. The van der Waals surface area contributed by atoms with Gasteiger partial charge in [0.25, 0.3) is 0 Å². The molecule has 0 saturated carbocycles. The Labute approximate surface area is 710 Å². The zero-order valence-electron chi connectivity index (χ0n) is 66.4. The Morgan fingerprint density at radius 2 is 0.403 bits per heavy atom. The van der Waals surface area contributed by atoms with Crippen LogP contribution in [0, 0.1) is 0 Å². The molecule has 0 spiro atoms. The molecule has 0 atom stereocenters. The number of rotatable bonds is 12. The Balaban J connectivity index is 0.000000143. The molecule has 10 heterocycles. The first-order chi connectivity index (χ1) is 61.3. The van der Waals surface area contributed by atoms with Crippen molar-refractivity contribution >= 4 is 109 Å². The summed E-state index contributed by atoms with van der Waals surface area (Å²) >= 11 is 0. The number of hydrogen-bond acceptors (Lipinski definition) is 14. The number of pyridine rings is 8. The monoisotopic (exact) mass is 1580 g/mol. The molecule has 24 rings (SSSR count). The Hall–Kier alpha value is -17.1. The van der Waals surface area contributed by atoms with E-state index in [9.17, 15) is 0 Å². The summed E-state index contributed by atoms with van der Waals surface area (Å²) in [5.74, 6) is 3.46. The lowest BCUT2D eigenvalue weighted by Gasteiger charge is -2.13. The first kappa shape index (κ1) is 72.2. The topological polar surface area (TPSA) is 180 Å². The van der Waals surface area contributed by atoms with Crippen LogP contribution in [-0.4, -0.2) is 69.8 Å². The van der Waals surface area contributed by atoms with Gasteiger partial charge in [-0.05, 0) is 129 Å². The molecule has 0 unspecified atom stereocenters. The minimum absolute atomic E-state index is 0.521. The van der Waals surface area contributed by atoms with E-state index < -0.39 is 0 Å². The maximum atomic E-state index is 5.28. The first-order valence-corrected chi connectivity index (χ1v) is 41.1. The molecule has 24 aromatic rings. The van der Waals surface area contributed by atoms with Gasteiger partial charge in [-0.1, -0.05) is 303 Å². The second kappa shape index (κ2) is 30.7. The number of hydrogen-bond donors (Lipinski definition) is 0. The summed E-state index contributed by atoms with van der Waals surface area (Å²) in [4.78, 5) is 69.6. The highest BCUT2D eigenvalue weighted by atomic mass is 15.1. The van der Waals surface area contributed by atoms with Crippen LogP contribution in [0.5, 0.6) is 0 Å². The highest BCUT2D eigenvalue weighted by molar-refractivity contribution is 6.08. The molecule has 0 N–H and O–H groups in total. The summed E-state index contributed by atoms with van der Waals surface area (Å²) in [6.45, 7) is 0. The van der Waals surface area contributed by atoms with Crippen molar-refractivity contribution in [1.82, 2.24) is 69.8 Å². The van der Waals surface area contributed by atoms with Gasteiger partial charge >= 0.3 is 0 Å². The smallest absolute Gasteiger partial charge is 0.182 e. The van der Waals surface area contributed by atoms with E-state index in [1.54, 1.807) is 0 Å². The fourth-order valence-electron chi connectivity index (χ4n) is 16.7. The van der Waals surface area contributed by atoms with Crippen molar-refractivity contribution < 1.29 is 0 Å². The quantitative estimate of drug-likeness (QED) is 0.105. The fourth-order valence-corrected chi connectivity index (χ4v) is 16.7. The molecule has 0 fully saturated rings. The molecule has 0 aliphatic carbocycles. The van der Waals surface area contributed by atoms with Gasteiger partial charge in [0, 0.05) is 100.0 Å². The van der Waals surface area contributed by atoms with Crippen LogP contribution >= 0.6 is 0 Å². The fraction of sp³-hybridized carbons (Fsp3) is 0. The van der Waals surface area contributed by atoms with Crippen LogP contribution in [0.3, 0.4) is 0 Å². The van der Waals surface area contributed by atoms with Gasteiger partial charge in [0.05, 0.1) is 66.9 Å². The Bertz CT molecular complexity index is 8270. The second-order valence-electron chi connectivity index (χ2n) is 30.8. The molecule has 0 radical (unpaired) electrons. The zero-order valence-corrected chi connectivity index (χ0v) is 66.4. The van der Waals surface area contributed by atoms with Crippen LogP contribution in [0.2, 0.25) is 0 Å². The van der Waals surface area contributed by atoms with Gasteiger partial charge in [0.15, 0.2) is 34.9 Å². The largest absolute Gasteiger partial charge is 0.254 e. The minimum Gasteiger partial charge on any atom is -0.254 e. The molecule has 14 aromatic carbocycles. The zero-order chi connectivity index (χ0) is 82.0. The summed E-state index contributed by atoms with van der Waals surface area (Å²) in [5.41, 5.74) is 24.4. The summed E-state index contributed by atoms with van der Waals surface area (Å²) in [5, 5.41) is 13.0. The Morgan fingerprint density at radius 3 is 0.790 bits per heavy atom. The van der Waals surface area contributed by atoms with Crippen LogP contribution in [0.4, 0.5) is 0 Å². The highest BCUT2D eigenvalue weighted by Crippen LogP contribution is 2.40. The average molecular weight is 1580 g/mol. The lowest BCUT2D eigenvalue weighted by Crippen LogP contribution is -2.01. The molecule has 576 valence electrons. The van der Waals surface area contributed by atoms with E-state index in [2.05, 4.69) is 253 Å². The third-order valence-corrected chi connectivity index (χ3v) is 23.1. The summed E-state index contributed by atoms with van der Waals surface area (Å²) in [6.07, 6.45) is 3.66. The van der Waals surface area contributed by atoms with E-state index in [1.165, 1.54) is 0 Å². The van der Waals surface area contributed by atoms with Gasteiger partial charge in [0.2, 0.25) is 0 Å². The van der Waals surface area contributed by atoms with Crippen molar-refractivity contribution in [2.45, 2.75) is 0 Å². The van der Waals surface area contributed by atoms with E-state index in [0.717, 1.165) is 198 Å². The van der Waals surface area contributed by atoms with Crippen molar-refractivity contribution in [3.05, 3.63) is 401 Å². The van der Waals surface area contributed by atoms with E-state index in [4.69, 9.17) is 59.8 Å². The lowest BCUT2D eigenvalue weighted by atomic mass is 9.95. The van der Waals surface area contributed by atoms with Crippen molar-refractivity contribution in [3.63, 3.8) is 0 Å². The standard InChI is InChI=1S/2C55H33N7/c1-3-10-38(11-4-1)53-60-54(39-12-5-2-6-13-39)62-55(61-53)48-30-24-35-18-22-41(33-50(35)58-48)40-21-17-34-23-28-46(57-49(34)32-40)44-26-27-45(43-16-8-7-15-42(43)44)47-29-25-37-20-19-36-14-9-31-56-51(36)52(37)59-47;1-3-8-38(9-4-1)53-60-54(39-10-5-2-6-11-39)62-55(61-53)48-28-24-35-14-18-43(33-50(35)58-48)42-17-13-34-23-26-46(57-49(34)32-42)44-21-19-41-31-45(22-20-40(41)30-44)47-27-25-37-16-15-36-12-7-29-56-51(36)52(37)59-47/h2*1-33H. The third-order valence-electron chi connectivity index (χ3n) is 23.1. The van der Waals surface area contributed by atoms with Gasteiger partial charge in [-0.15, -0.1) is 0 Å². The average Bonchev–Trinajstić information content (AvgIpc) is 0.763. The summed E-state index contributed by atoms with van der Waals surface area (Å²) in [6, 6.07) is 133. The molecule has 0 bridgehead atoms. The number of nitrogens with zero attached hydrogens (tertiary/aromatic N) is 14. The van der Waals surface area contributed by atoms with Crippen molar-refractivity contribution in [1.29, 1.82) is 0 Å². The van der Waals surface area contributed by atoms with Gasteiger partial charge in [0.1, 0.15) is 11.4 Å². The molecular weight excluding hydrogens is 1520 g/mol. The Kier molecular flexibility index (Phi) is 17.9. The van der Waals surface area contributed by atoms with Crippen molar-refractivity contribution in [3.8, 4) is 136 Å². The minimum atomic E-state index is 0.521. The van der Waals surface area contributed by atoms with Crippen LogP contribution in [0.15, 0.2) is 401 Å². The molecular formula is C110H66N14. The Morgan fingerprint density at radius 1 is 0.137 bits per heavy atom. The molecule has 14 nitrogen and oxygen atoms in total. The van der Waals surface area contributed by atoms with Crippen molar-refractivity contribution in [2.24, 2.45) is 0 Å². The number of aromatic nitrogens is 14. The van der Waals surface area contributed by atoms with Gasteiger partial charge in [-0.3, -0.25) is 9.97 Å². The predicted molar refractivity (Wildman–Crippen MR) is 502 cm³/mol. The summed E-state index contributed by atoms with van der Waals surface area (Å²) < 4.78 is 0. The van der Waals surface area contributed by atoms with Gasteiger partial charge < -0.3 is 0 Å².